The van der Waals surface area contributed by atoms with Crippen LogP contribution in [0, 0.1) is 0 Å². The summed E-state index contributed by atoms with van der Waals surface area (Å²) in [6.07, 6.45) is 2.63. The average Bonchev–Trinajstić information content (AvgIpc) is 3.42. The molecule has 34 heavy (non-hydrogen) atoms. The molecule has 0 spiro atoms. The Morgan fingerprint density at radius 2 is 2.03 bits per heavy atom. The van der Waals surface area contributed by atoms with Gasteiger partial charge in [0.1, 0.15) is 13.2 Å². The van der Waals surface area contributed by atoms with E-state index < -0.39 is 0 Å². The van der Waals surface area contributed by atoms with E-state index in [4.69, 9.17) is 9.26 Å². The molecule has 11 heteroatoms. The summed E-state index contributed by atoms with van der Waals surface area (Å²) in [5, 5.41) is 26.3. The Kier molecular flexibility index (Phi) is 5.48. The van der Waals surface area contributed by atoms with E-state index in [0.717, 1.165) is 25.1 Å². The zero-order valence-corrected chi connectivity index (χ0v) is 19.2. The Labute approximate surface area is 195 Å². The van der Waals surface area contributed by atoms with Crippen LogP contribution in [0.2, 0.25) is 0 Å². The molecule has 0 aromatic carbocycles. The summed E-state index contributed by atoms with van der Waals surface area (Å²) in [5.41, 5.74) is 2.78. The number of fused-ring (bicyclic) bond motifs is 1. The predicted octanol–water partition coefficient (Wildman–Crippen LogP) is 2.39. The summed E-state index contributed by atoms with van der Waals surface area (Å²) in [7, 11) is 0. The Bertz CT molecular complexity index is 1330. The van der Waals surface area contributed by atoms with E-state index in [0.29, 0.717) is 40.1 Å². The molecule has 0 radical (unpaired) electrons. The lowest BCUT2D eigenvalue weighted by Gasteiger charge is -2.30. The lowest BCUT2D eigenvalue weighted by molar-refractivity contribution is 0.0651. The number of likely N-dealkylation sites (tertiary alicyclic amines) is 1. The standard InChI is InChI=1S/C23H25N7O4/c1-23(2,3)17-10-19-25-26-20(18-9-16(12-31)34-28-18)30(19)27-21(17)33-13-15-6-5-14(11-24-15)22(32)29-7-4-8-29/h5-6,9-11,31H,4,7-8,12-13H2,1-3H3. The minimum absolute atomic E-state index is 0.00528. The summed E-state index contributed by atoms with van der Waals surface area (Å²) in [6, 6.07) is 7.03. The van der Waals surface area contributed by atoms with Crippen molar-refractivity contribution in [2.45, 2.75) is 45.8 Å². The van der Waals surface area contributed by atoms with Gasteiger partial charge in [0.25, 0.3) is 5.91 Å². The van der Waals surface area contributed by atoms with E-state index in [9.17, 15) is 9.90 Å². The second kappa shape index (κ2) is 8.49. The molecule has 5 rings (SSSR count). The van der Waals surface area contributed by atoms with Gasteiger partial charge in [-0.05, 0) is 30.0 Å². The van der Waals surface area contributed by atoms with Crippen molar-refractivity contribution < 1.29 is 19.2 Å². The third-order valence-corrected chi connectivity index (χ3v) is 5.68. The maximum Gasteiger partial charge on any atom is 0.255 e. The monoisotopic (exact) mass is 463 g/mol. The van der Waals surface area contributed by atoms with Gasteiger partial charge in [0.05, 0.1) is 11.3 Å². The lowest BCUT2D eigenvalue weighted by Crippen LogP contribution is -2.42. The number of hydrogen-bond donors (Lipinski definition) is 1. The van der Waals surface area contributed by atoms with Crippen molar-refractivity contribution >= 4 is 11.6 Å². The maximum atomic E-state index is 12.3. The number of aliphatic hydroxyl groups excluding tert-OH is 1. The van der Waals surface area contributed by atoms with E-state index in [2.05, 4.69) is 46.2 Å². The minimum atomic E-state index is -0.269. The van der Waals surface area contributed by atoms with E-state index in [1.807, 2.05) is 6.07 Å². The van der Waals surface area contributed by atoms with Gasteiger partial charge >= 0.3 is 0 Å². The van der Waals surface area contributed by atoms with Crippen LogP contribution in [0.25, 0.3) is 17.2 Å². The number of carbonyl (C=O) groups excluding carboxylic acids is 1. The fourth-order valence-corrected chi connectivity index (χ4v) is 3.59. The van der Waals surface area contributed by atoms with Crippen molar-refractivity contribution in [3.05, 3.63) is 53.0 Å². The molecule has 5 heterocycles. The molecule has 0 unspecified atom stereocenters. The zero-order valence-electron chi connectivity index (χ0n) is 19.2. The molecule has 0 atom stereocenters. The lowest BCUT2D eigenvalue weighted by atomic mass is 9.88. The average molecular weight is 463 g/mol. The summed E-state index contributed by atoms with van der Waals surface area (Å²) < 4.78 is 12.7. The van der Waals surface area contributed by atoms with E-state index >= 15 is 0 Å². The number of pyridine rings is 1. The molecule has 1 fully saturated rings. The summed E-state index contributed by atoms with van der Waals surface area (Å²) in [4.78, 5) is 18.5. The Morgan fingerprint density at radius 3 is 2.65 bits per heavy atom. The molecule has 1 aliphatic rings. The minimum Gasteiger partial charge on any atom is -0.470 e. The van der Waals surface area contributed by atoms with Gasteiger partial charge in [-0.15, -0.1) is 15.3 Å². The molecule has 0 saturated carbocycles. The van der Waals surface area contributed by atoms with Crippen LogP contribution in [0.4, 0.5) is 0 Å². The van der Waals surface area contributed by atoms with Gasteiger partial charge in [0.2, 0.25) is 11.7 Å². The van der Waals surface area contributed by atoms with Crippen molar-refractivity contribution in [3.63, 3.8) is 0 Å². The molecule has 11 nitrogen and oxygen atoms in total. The molecule has 1 amide bonds. The van der Waals surface area contributed by atoms with E-state index in [1.54, 1.807) is 29.3 Å². The molecular weight excluding hydrogens is 438 g/mol. The second-order valence-electron chi connectivity index (χ2n) is 9.22. The van der Waals surface area contributed by atoms with Gasteiger partial charge in [-0.2, -0.15) is 4.52 Å². The van der Waals surface area contributed by atoms with Crippen molar-refractivity contribution in [1.82, 2.24) is 34.9 Å². The summed E-state index contributed by atoms with van der Waals surface area (Å²) in [6.45, 7) is 7.69. The van der Waals surface area contributed by atoms with Gasteiger partial charge in [0, 0.05) is 30.9 Å². The largest absolute Gasteiger partial charge is 0.470 e. The summed E-state index contributed by atoms with van der Waals surface area (Å²) >= 11 is 0. The SMILES string of the molecule is CC(C)(C)c1cc2nnc(-c3cc(CO)on3)n2nc1OCc1ccc(C(=O)N2CCC2)cn1. The first-order valence-electron chi connectivity index (χ1n) is 11.0. The first kappa shape index (κ1) is 22.0. The van der Waals surface area contributed by atoms with Gasteiger partial charge in [0.15, 0.2) is 17.1 Å². The van der Waals surface area contributed by atoms with Crippen LogP contribution in [0.15, 0.2) is 35.0 Å². The van der Waals surface area contributed by atoms with Crippen LogP contribution in [0.5, 0.6) is 5.88 Å². The van der Waals surface area contributed by atoms with Gasteiger partial charge in [-0.25, -0.2) is 0 Å². The highest BCUT2D eigenvalue weighted by atomic mass is 16.5. The van der Waals surface area contributed by atoms with Gasteiger partial charge in [-0.1, -0.05) is 25.9 Å². The van der Waals surface area contributed by atoms with Crippen molar-refractivity contribution in [3.8, 4) is 17.4 Å². The highest BCUT2D eigenvalue weighted by molar-refractivity contribution is 5.94. The Balaban J connectivity index is 1.42. The number of amides is 1. The van der Waals surface area contributed by atoms with Crippen LogP contribution < -0.4 is 4.74 Å². The van der Waals surface area contributed by atoms with Crippen LogP contribution in [0.3, 0.4) is 0 Å². The molecule has 4 aromatic heterocycles. The summed E-state index contributed by atoms with van der Waals surface area (Å²) in [5.74, 6) is 1.10. The molecule has 176 valence electrons. The first-order valence-corrected chi connectivity index (χ1v) is 11.0. The van der Waals surface area contributed by atoms with Crippen LogP contribution in [-0.2, 0) is 18.6 Å². The second-order valence-corrected chi connectivity index (χ2v) is 9.22. The number of nitrogens with zero attached hydrogens (tertiary/aromatic N) is 7. The topological polar surface area (TPSA) is 132 Å². The van der Waals surface area contributed by atoms with E-state index in [1.165, 1.54) is 4.52 Å². The molecular formula is C23H25N7O4. The van der Waals surface area contributed by atoms with Crippen molar-refractivity contribution in [1.29, 1.82) is 0 Å². The fraction of sp³-hybridized carbons (Fsp3) is 0.391. The molecule has 0 bridgehead atoms. The molecule has 4 aromatic rings. The molecule has 0 aliphatic carbocycles. The fourth-order valence-electron chi connectivity index (χ4n) is 3.59. The highest BCUT2D eigenvalue weighted by Crippen LogP contribution is 2.32. The number of rotatable bonds is 6. The Morgan fingerprint density at radius 1 is 1.21 bits per heavy atom. The first-order chi connectivity index (χ1) is 16.3. The third-order valence-electron chi connectivity index (χ3n) is 5.68. The number of carbonyl (C=O) groups is 1. The quantitative estimate of drug-likeness (QED) is 0.458. The zero-order chi connectivity index (χ0) is 23.9. The molecule has 1 aliphatic heterocycles. The number of hydrogen-bond acceptors (Lipinski definition) is 9. The third kappa shape index (κ3) is 4.10. The van der Waals surface area contributed by atoms with Gasteiger partial charge in [-0.3, -0.25) is 9.78 Å². The van der Waals surface area contributed by atoms with Crippen LogP contribution >= 0.6 is 0 Å². The predicted molar refractivity (Wildman–Crippen MR) is 120 cm³/mol. The molecule has 1 saturated heterocycles. The van der Waals surface area contributed by atoms with Crippen molar-refractivity contribution in [2.24, 2.45) is 0 Å². The van der Waals surface area contributed by atoms with Crippen LogP contribution in [0.1, 0.15) is 54.6 Å². The van der Waals surface area contributed by atoms with Crippen LogP contribution in [-0.4, -0.2) is 59.0 Å². The normalized spacial score (nSPS) is 13.8. The van der Waals surface area contributed by atoms with Gasteiger partial charge < -0.3 is 19.3 Å². The smallest absolute Gasteiger partial charge is 0.255 e. The highest BCUT2D eigenvalue weighted by Gasteiger charge is 2.25. The number of aliphatic hydroxyl groups is 1. The Hall–Kier alpha value is -3.86. The van der Waals surface area contributed by atoms with Crippen molar-refractivity contribution in [2.75, 3.05) is 13.1 Å². The number of ether oxygens (including phenoxy) is 1. The number of aromatic nitrogens is 6. The van der Waals surface area contributed by atoms with E-state index in [-0.39, 0.29) is 24.5 Å². The molecule has 1 N–H and O–H groups in total. The maximum absolute atomic E-state index is 12.3.